The Morgan fingerprint density at radius 1 is 0.882 bits per heavy atom. The molecule has 0 aromatic heterocycles. The Hall–Kier alpha value is -5.22. The summed E-state index contributed by atoms with van der Waals surface area (Å²) in [5.41, 5.74) is 5.08. The number of likely N-dealkylation sites (tertiary alicyclic amines) is 1. The number of alkyl carbamates (subject to hydrolysis) is 1. The van der Waals surface area contributed by atoms with Crippen LogP contribution < -0.4 is 10.6 Å². The van der Waals surface area contributed by atoms with Crippen LogP contribution >= 0.6 is 0 Å². The maximum Gasteiger partial charge on any atom is 0.407 e. The van der Waals surface area contributed by atoms with E-state index in [1.807, 2.05) is 66.7 Å². The number of nitrogens with one attached hydrogen (secondary N) is 2. The second-order valence-electron chi connectivity index (χ2n) is 13.0. The van der Waals surface area contributed by atoms with E-state index in [9.17, 15) is 24.3 Å². The molecule has 3 N–H and O–H groups in total. The fraction of sp³-hybridized carbons (Fsp3) is 0.366. The number of esters is 1. The van der Waals surface area contributed by atoms with E-state index < -0.39 is 30.1 Å². The number of carbonyl (C=O) groups excluding carboxylic acids is 4. The molecule has 5 rings (SSSR count). The second kappa shape index (κ2) is 18.1. The van der Waals surface area contributed by atoms with Crippen molar-refractivity contribution in [3.8, 4) is 11.1 Å². The van der Waals surface area contributed by atoms with Gasteiger partial charge in [0.25, 0.3) is 0 Å². The quantitative estimate of drug-likeness (QED) is 0.120. The fourth-order valence-corrected chi connectivity index (χ4v) is 6.94. The average molecular weight is 694 g/mol. The van der Waals surface area contributed by atoms with Gasteiger partial charge in [-0.25, -0.2) is 9.59 Å². The lowest BCUT2D eigenvalue weighted by Gasteiger charge is -2.27. The van der Waals surface area contributed by atoms with Gasteiger partial charge in [0.2, 0.25) is 11.8 Å². The van der Waals surface area contributed by atoms with E-state index in [4.69, 9.17) is 9.47 Å². The Kier molecular flexibility index (Phi) is 13.2. The summed E-state index contributed by atoms with van der Waals surface area (Å²) < 4.78 is 11.4. The molecular weight excluding hydrogens is 646 g/mol. The Balaban J connectivity index is 1.21. The van der Waals surface area contributed by atoms with Gasteiger partial charge in [0.1, 0.15) is 19.3 Å². The first-order chi connectivity index (χ1) is 24.8. The van der Waals surface area contributed by atoms with Crippen LogP contribution in [0.4, 0.5) is 4.79 Å². The molecule has 1 aliphatic carbocycles. The van der Waals surface area contributed by atoms with Gasteiger partial charge in [-0.1, -0.05) is 91.0 Å². The smallest absolute Gasteiger partial charge is 0.407 e. The van der Waals surface area contributed by atoms with E-state index in [0.29, 0.717) is 18.5 Å². The number of allylic oxidation sites excluding steroid dienone is 2. The minimum atomic E-state index is -1.02. The number of rotatable bonds is 17. The first kappa shape index (κ1) is 37.0. The molecule has 10 heteroatoms. The van der Waals surface area contributed by atoms with Crippen molar-refractivity contribution in [3.05, 3.63) is 121 Å². The van der Waals surface area contributed by atoms with Crippen LogP contribution in [0.15, 0.2) is 104 Å². The number of benzene rings is 3. The maximum atomic E-state index is 13.6. The summed E-state index contributed by atoms with van der Waals surface area (Å²) in [7, 11) is 0. The molecule has 0 spiro atoms. The number of aliphatic hydroxyl groups excluding tert-OH is 1. The van der Waals surface area contributed by atoms with Crippen LogP contribution in [0.2, 0.25) is 0 Å². The predicted octanol–water partition coefficient (Wildman–Crippen LogP) is 5.83. The van der Waals surface area contributed by atoms with Gasteiger partial charge in [-0.05, 0) is 59.9 Å². The number of aliphatic hydroxyl groups is 1. The second-order valence-corrected chi connectivity index (χ2v) is 13.0. The van der Waals surface area contributed by atoms with Crippen molar-refractivity contribution < 1.29 is 33.8 Å². The Morgan fingerprint density at radius 2 is 1.55 bits per heavy atom. The zero-order valence-corrected chi connectivity index (χ0v) is 28.9. The van der Waals surface area contributed by atoms with Crippen LogP contribution in [-0.2, 0) is 23.9 Å². The molecule has 0 unspecified atom stereocenters. The zero-order chi connectivity index (χ0) is 36.2. The molecule has 0 radical (unpaired) electrons. The number of hydrogen-bond donors (Lipinski definition) is 3. The van der Waals surface area contributed by atoms with E-state index in [1.54, 1.807) is 17.1 Å². The van der Waals surface area contributed by atoms with Gasteiger partial charge in [-0.15, -0.1) is 13.2 Å². The highest BCUT2D eigenvalue weighted by Crippen LogP contribution is 2.44. The van der Waals surface area contributed by atoms with Crippen LogP contribution in [-0.4, -0.2) is 72.3 Å². The first-order valence-electron chi connectivity index (χ1n) is 17.6. The number of hydrogen-bond acceptors (Lipinski definition) is 7. The highest BCUT2D eigenvalue weighted by molar-refractivity contribution is 5.87. The van der Waals surface area contributed by atoms with Gasteiger partial charge in [0.15, 0.2) is 0 Å². The van der Waals surface area contributed by atoms with E-state index in [-0.39, 0.29) is 62.9 Å². The highest BCUT2D eigenvalue weighted by atomic mass is 16.6. The first-order valence-corrected chi connectivity index (χ1v) is 17.6. The maximum absolute atomic E-state index is 13.6. The van der Waals surface area contributed by atoms with Crippen molar-refractivity contribution in [1.29, 1.82) is 0 Å². The minimum absolute atomic E-state index is 0.0384. The molecule has 3 aromatic carbocycles. The number of ether oxygens (including phenoxy) is 2. The lowest BCUT2D eigenvalue weighted by Crippen LogP contribution is -2.44. The summed E-state index contributed by atoms with van der Waals surface area (Å²) >= 11 is 0. The third-order valence-electron chi connectivity index (χ3n) is 9.64. The number of carbonyl (C=O) groups is 4. The van der Waals surface area contributed by atoms with Crippen molar-refractivity contribution in [2.45, 2.75) is 62.6 Å². The molecule has 0 saturated carbocycles. The molecule has 2 aliphatic rings. The van der Waals surface area contributed by atoms with Gasteiger partial charge in [0.05, 0.1) is 24.6 Å². The monoisotopic (exact) mass is 693 g/mol. The van der Waals surface area contributed by atoms with Crippen molar-refractivity contribution in [3.63, 3.8) is 0 Å². The Morgan fingerprint density at radius 3 is 2.20 bits per heavy atom. The van der Waals surface area contributed by atoms with Gasteiger partial charge in [0, 0.05) is 18.9 Å². The van der Waals surface area contributed by atoms with Crippen molar-refractivity contribution >= 4 is 23.9 Å². The Bertz CT molecular complexity index is 1650. The van der Waals surface area contributed by atoms with E-state index in [2.05, 4.69) is 35.9 Å². The van der Waals surface area contributed by atoms with Crippen LogP contribution in [0.25, 0.3) is 11.1 Å². The van der Waals surface area contributed by atoms with Crippen molar-refractivity contribution in [1.82, 2.24) is 15.5 Å². The van der Waals surface area contributed by atoms with Crippen LogP contribution in [0.1, 0.15) is 67.2 Å². The van der Waals surface area contributed by atoms with E-state index in [0.717, 1.165) is 35.1 Å². The molecule has 3 amide bonds. The molecule has 1 aliphatic heterocycles. The molecular formula is C41H47N3O7. The predicted molar refractivity (Wildman–Crippen MR) is 194 cm³/mol. The molecule has 4 atom stereocenters. The normalized spacial score (nSPS) is 16.6. The molecule has 1 heterocycles. The van der Waals surface area contributed by atoms with Gasteiger partial charge < -0.3 is 30.1 Å². The summed E-state index contributed by atoms with van der Waals surface area (Å²) in [4.78, 5) is 54.9. The van der Waals surface area contributed by atoms with Gasteiger partial charge in [-0.3, -0.25) is 9.59 Å². The van der Waals surface area contributed by atoms with Crippen LogP contribution in [0, 0.1) is 5.92 Å². The number of amides is 3. The number of fused-ring (bicyclic) bond motifs is 3. The Labute approximate surface area is 299 Å². The summed E-state index contributed by atoms with van der Waals surface area (Å²) in [6.07, 6.45) is 4.95. The van der Waals surface area contributed by atoms with Crippen molar-refractivity contribution in [2.75, 3.05) is 26.4 Å². The lowest BCUT2D eigenvalue weighted by molar-refractivity contribution is -0.147. The number of nitrogens with zero attached hydrogens (tertiary/aromatic N) is 1. The standard InChI is InChI=1S/C41H47N3O7/c1-3-5-22-36(43-41(49)51-26-35-33-20-11-9-18-31(33)32-19-10-12-21-34(32)35)40(48)50-27-37(28-15-7-6-8-16-28)42-39(47)29(14-4-2)24-38(46)44-23-13-17-30(44)25-45/h3-4,6-12,15-16,18-21,29-30,35-37,45H,1-2,5,13-14,17,22-27H2,(H,42,47)(H,43,49)/t29-,30+,36+,37+/m1/s1. The third-order valence-corrected chi connectivity index (χ3v) is 9.64. The van der Waals surface area contributed by atoms with E-state index in [1.165, 1.54) is 0 Å². The molecule has 3 aromatic rings. The lowest BCUT2D eigenvalue weighted by atomic mass is 9.98. The SMILES string of the molecule is C=CCC[C@H](NC(=O)OCC1c2ccccc2-c2ccccc21)C(=O)OC[C@H](NC(=O)[C@H](CC=C)CC(=O)N1CCC[C@H]1CO)c1ccccc1. The van der Waals surface area contributed by atoms with Gasteiger partial charge in [-0.2, -0.15) is 0 Å². The van der Waals surface area contributed by atoms with Gasteiger partial charge >= 0.3 is 12.1 Å². The molecule has 10 nitrogen and oxygen atoms in total. The summed E-state index contributed by atoms with van der Waals surface area (Å²) in [6.45, 7) is 7.84. The summed E-state index contributed by atoms with van der Waals surface area (Å²) in [5.74, 6) is -2.09. The topological polar surface area (TPSA) is 134 Å². The van der Waals surface area contributed by atoms with Crippen LogP contribution in [0.5, 0.6) is 0 Å². The zero-order valence-electron chi connectivity index (χ0n) is 28.9. The third kappa shape index (κ3) is 9.32. The summed E-state index contributed by atoms with van der Waals surface area (Å²) in [5, 5.41) is 15.3. The molecule has 268 valence electrons. The molecule has 1 fully saturated rings. The summed E-state index contributed by atoms with van der Waals surface area (Å²) in [6, 6.07) is 23.2. The van der Waals surface area contributed by atoms with Crippen LogP contribution in [0.3, 0.4) is 0 Å². The molecule has 51 heavy (non-hydrogen) atoms. The minimum Gasteiger partial charge on any atom is -0.462 e. The average Bonchev–Trinajstić information content (AvgIpc) is 3.77. The van der Waals surface area contributed by atoms with Crippen molar-refractivity contribution in [2.24, 2.45) is 5.92 Å². The fourth-order valence-electron chi connectivity index (χ4n) is 6.94. The largest absolute Gasteiger partial charge is 0.462 e. The van der Waals surface area contributed by atoms with E-state index >= 15 is 0 Å². The molecule has 0 bridgehead atoms. The highest BCUT2D eigenvalue weighted by Gasteiger charge is 2.33. The molecule has 1 saturated heterocycles.